The summed E-state index contributed by atoms with van der Waals surface area (Å²) in [7, 11) is 1.40. The molecule has 0 aliphatic heterocycles. The summed E-state index contributed by atoms with van der Waals surface area (Å²) in [6, 6.07) is 9.57. The van der Waals surface area contributed by atoms with Crippen LogP contribution in [-0.2, 0) is 25.7 Å². The van der Waals surface area contributed by atoms with Gasteiger partial charge in [0.2, 0.25) is 0 Å². The van der Waals surface area contributed by atoms with Crippen molar-refractivity contribution in [1.82, 2.24) is 0 Å². The van der Waals surface area contributed by atoms with E-state index in [0.29, 0.717) is 18.8 Å². The van der Waals surface area contributed by atoms with Crippen LogP contribution in [0.15, 0.2) is 42.0 Å². The third-order valence-corrected chi connectivity index (χ3v) is 7.09. The van der Waals surface area contributed by atoms with Crippen LogP contribution in [0.3, 0.4) is 0 Å². The number of aliphatic hydroxyl groups excluding tert-OH is 1. The first-order valence-electron chi connectivity index (χ1n) is 12.2. The Kier molecular flexibility index (Phi) is 9.34. The highest BCUT2D eigenvalue weighted by molar-refractivity contribution is 5.83. The molecular formula is C27H38O5. The minimum absolute atomic E-state index is 0.00661. The highest BCUT2D eigenvalue weighted by atomic mass is 16.5. The lowest BCUT2D eigenvalue weighted by Crippen LogP contribution is -2.37. The summed E-state index contributed by atoms with van der Waals surface area (Å²) in [5.74, 6) is -0.121. The molecule has 0 spiro atoms. The maximum absolute atomic E-state index is 13.2. The van der Waals surface area contributed by atoms with Gasteiger partial charge in [-0.3, -0.25) is 9.59 Å². The van der Waals surface area contributed by atoms with Crippen molar-refractivity contribution in [3.05, 3.63) is 47.5 Å². The maximum atomic E-state index is 13.2. The predicted octanol–water partition coefficient (Wildman–Crippen LogP) is 5.50. The molecule has 0 amide bonds. The molecule has 0 bridgehead atoms. The van der Waals surface area contributed by atoms with Crippen molar-refractivity contribution in [2.75, 3.05) is 7.11 Å². The van der Waals surface area contributed by atoms with E-state index in [-0.39, 0.29) is 25.0 Å². The number of ether oxygens (including phenoxy) is 2. The van der Waals surface area contributed by atoms with Crippen molar-refractivity contribution in [2.24, 2.45) is 11.3 Å². The number of hydrogen-bond donors (Lipinski definition) is 1. The lowest BCUT2D eigenvalue weighted by molar-refractivity contribution is -0.162. The molecule has 1 aromatic carbocycles. The lowest BCUT2D eigenvalue weighted by atomic mass is 9.71. The number of benzene rings is 1. The Morgan fingerprint density at radius 3 is 2.50 bits per heavy atom. The van der Waals surface area contributed by atoms with Crippen molar-refractivity contribution in [3.63, 3.8) is 0 Å². The Labute approximate surface area is 192 Å². The summed E-state index contributed by atoms with van der Waals surface area (Å²) in [4.78, 5) is 26.1. The van der Waals surface area contributed by atoms with Gasteiger partial charge in [-0.1, -0.05) is 74.1 Å². The molecule has 1 N–H and O–H groups in total. The number of rotatable bonds is 10. The van der Waals surface area contributed by atoms with Gasteiger partial charge in [-0.05, 0) is 50.0 Å². The number of methoxy groups -OCH3 is 1. The number of carbonyl (C=O) groups is 2. The van der Waals surface area contributed by atoms with Gasteiger partial charge in [0.15, 0.2) is 0 Å². The molecule has 0 heterocycles. The van der Waals surface area contributed by atoms with Gasteiger partial charge in [-0.15, -0.1) is 0 Å². The first-order chi connectivity index (χ1) is 15.5. The summed E-state index contributed by atoms with van der Waals surface area (Å²) < 4.78 is 10.8. The maximum Gasteiger partial charge on any atom is 0.312 e. The zero-order chi connectivity index (χ0) is 22.8. The van der Waals surface area contributed by atoms with Gasteiger partial charge < -0.3 is 14.6 Å². The molecule has 0 saturated heterocycles. The average Bonchev–Trinajstić information content (AvgIpc) is 2.82. The van der Waals surface area contributed by atoms with Crippen LogP contribution in [-0.4, -0.2) is 30.3 Å². The summed E-state index contributed by atoms with van der Waals surface area (Å²) in [6.45, 7) is 0.195. The number of aliphatic hydroxyl groups is 1. The Morgan fingerprint density at radius 2 is 1.81 bits per heavy atom. The van der Waals surface area contributed by atoms with E-state index in [0.717, 1.165) is 36.8 Å². The fourth-order valence-electron chi connectivity index (χ4n) is 5.28. The number of hydrogen-bond acceptors (Lipinski definition) is 5. The fraction of sp³-hybridized carbons (Fsp3) is 0.630. The van der Waals surface area contributed by atoms with Crippen LogP contribution in [0.1, 0.15) is 82.6 Å². The second-order valence-corrected chi connectivity index (χ2v) is 9.60. The van der Waals surface area contributed by atoms with Crippen molar-refractivity contribution in [2.45, 2.75) is 89.8 Å². The zero-order valence-electron chi connectivity index (χ0n) is 19.4. The van der Waals surface area contributed by atoms with Gasteiger partial charge in [0.05, 0.1) is 25.0 Å². The molecule has 0 radical (unpaired) electrons. The van der Waals surface area contributed by atoms with E-state index >= 15 is 0 Å². The Morgan fingerprint density at radius 1 is 1.06 bits per heavy atom. The van der Waals surface area contributed by atoms with Gasteiger partial charge in [0.1, 0.15) is 6.61 Å². The first-order valence-corrected chi connectivity index (χ1v) is 12.2. The monoisotopic (exact) mass is 442 g/mol. The van der Waals surface area contributed by atoms with Crippen LogP contribution < -0.4 is 0 Å². The highest BCUT2D eigenvalue weighted by Crippen LogP contribution is 2.42. The van der Waals surface area contributed by atoms with Crippen molar-refractivity contribution in [3.8, 4) is 0 Å². The van der Waals surface area contributed by atoms with E-state index in [1.165, 1.54) is 39.2 Å². The summed E-state index contributed by atoms with van der Waals surface area (Å²) in [5, 5.41) is 10.1. The minimum atomic E-state index is -0.942. The molecule has 0 aromatic heterocycles. The number of esters is 2. The number of allylic oxidation sites excluding steroid dienone is 1. The quantitative estimate of drug-likeness (QED) is 0.382. The van der Waals surface area contributed by atoms with Crippen LogP contribution in [0, 0.1) is 11.3 Å². The van der Waals surface area contributed by atoms with Gasteiger partial charge in [0.25, 0.3) is 0 Å². The van der Waals surface area contributed by atoms with Gasteiger partial charge in [-0.2, -0.15) is 0 Å². The smallest absolute Gasteiger partial charge is 0.312 e. The Bertz CT molecular complexity index is 766. The molecular weight excluding hydrogens is 404 g/mol. The molecule has 2 aliphatic carbocycles. The standard InChI is InChI=1S/C27H38O5/c1-31-26(30)27(16-15-21-9-4-2-5-10-21,18-23-13-8-14-24(28)17-23)19-25(29)32-20-22-11-6-3-7-12-22/h3,6-7,11-12,17,21,24,28H,2,4-5,8-10,13-16,18-20H2,1H3/t24-,27+/m1/s1. The third kappa shape index (κ3) is 7.19. The molecule has 5 heteroatoms. The van der Waals surface area contributed by atoms with Crippen LogP contribution >= 0.6 is 0 Å². The van der Waals surface area contributed by atoms with Crippen molar-refractivity contribution < 1.29 is 24.2 Å². The van der Waals surface area contributed by atoms with E-state index in [4.69, 9.17) is 9.47 Å². The molecule has 0 unspecified atom stereocenters. The molecule has 1 saturated carbocycles. The van der Waals surface area contributed by atoms with Crippen molar-refractivity contribution in [1.29, 1.82) is 0 Å². The summed E-state index contributed by atoms with van der Waals surface area (Å²) in [5.41, 5.74) is 1.03. The van der Waals surface area contributed by atoms with Gasteiger partial charge >= 0.3 is 11.9 Å². The molecule has 2 aliphatic rings. The molecule has 1 aromatic rings. The normalized spacial score (nSPS) is 21.3. The zero-order valence-corrected chi connectivity index (χ0v) is 19.4. The third-order valence-electron chi connectivity index (χ3n) is 7.09. The largest absolute Gasteiger partial charge is 0.469 e. The van der Waals surface area contributed by atoms with Crippen LogP contribution in [0.25, 0.3) is 0 Å². The Balaban J connectivity index is 1.75. The lowest BCUT2D eigenvalue weighted by Gasteiger charge is -2.34. The van der Waals surface area contributed by atoms with E-state index in [1.54, 1.807) is 0 Å². The number of carbonyl (C=O) groups excluding carboxylic acids is 2. The SMILES string of the molecule is COC(=O)[C@](CCC1CCCCC1)(CC(=O)OCc1ccccc1)CC1=C[C@H](O)CCC1. The van der Waals surface area contributed by atoms with Crippen LogP contribution in [0.5, 0.6) is 0 Å². The van der Waals surface area contributed by atoms with Crippen LogP contribution in [0.4, 0.5) is 0 Å². The fourth-order valence-corrected chi connectivity index (χ4v) is 5.28. The van der Waals surface area contributed by atoms with E-state index in [2.05, 4.69) is 0 Å². The minimum Gasteiger partial charge on any atom is -0.469 e. The molecule has 3 rings (SSSR count). The summed E-state index contributed by atoms with van der Waals surface area (Å²) >= 11 is 0. The van der Waals surface area contributed by atoms with Gasteiger partial charge in [0, 0.05) is 0 Å². The van der Waals surface area contributed by atoms with E-state index < -0.39 is 11.5 Å². The highest BCUT2D eigenvalue weighted by Gasteiger charge is 2.43. The second kappa shape index (κ2) is 12.2. The van der Waals surface area contributed by atoms with Crippen molar-refractivity contribution >= 4 is 11.9 Å². The molecule has 1 fully saturated rings. The topological polar surface area (TPSA) is 72.8 Å². The van der Waals surface area contributed by atoms with Crippen LogP contribution in [0.2, 0.25) is 0 Å². The second-order valence-electron chi connectivity index (χ2n) is 9.60. The molecule has 176 valence electrons. The van der Waals surface area contributed by atoms with E-state index in [9.17, 15) is 14.7 Å². The average molecular weight is 443 g/mol. The molecule has 2 atom stereocenters. The predicted molar refractivity (Wildman–Crippen MR) is 124 cm³/mol. The molecule has 32 heavy (non-hydrogen) atoms. The molecule has 5 nitrogen and oxygen atoms in total. The van der Waals surface area contributed by atoms with Gasteiger partial charge in [-0.25, -0.2) is 0 Å². The first kappa shape index (κ1) is 24.5. The Hall–Kier alpha value is -2.14. The van der Waals surface area contributed by atoms with E-state index in [1.807, 2.05) is 36.4 Å². The summed E-state index contributed by atoms with van der Waals surface area (Å²) in [6.07, 6.45) is 12.0.